The number of hydrogen-bond donors (Lipinski definition) is 0. The van der Waals surface area contributed by atoms with Gasteiger partial charge in [0.1, 0.15) is 6.07 Å². The summed E-state index contributed by atoms with van der Waals surface area (Å²) in [5, 5.41) is 25.5. The van der Waals surface area contributed by atoms with Gasteiger partial charge in [-0.3, -0.25) is 0 Å². The number of nitriles is 2. The molecule has 0 atom stereocenters. The molecule has 0 aliphatic heterocycles. The van der Waals surface area contributed by atoms with Gasteiger partial charge >= 0.3 is 0 Å². The Balaban J connectivity index is 1.33. The highest BCUT2D eigenvalue weighted by Gasteiger charge is 2.21. The number of hydrogen-bond acceptors (Lipinski definition) is 2. The first-order valence-electron chi connectivity index (χ1n) is 15.9. The smallest absolute Gasteiger partial charge is 0.101 e. The second kappa shape index (κ2) is 10.9. The zero-order valence-corrected chi connectivity index (χ0v) is 25.8. The van der Waals surface area contributed by atoms with Crippen molar-refractivity contribution in [3.05, 3.63) is 169 Å². The third-order valence-corrected chi connectivity index (χ3v) is 9.43. The first-order valence-corrected chi connectivity index (χ1v) is 15.9. The molecule has 0 unspecified atom stereocenters. The quantitative estimate of drug-likeness (QED) is 0.199. The van der Waals surface area contributed by atoms with E-state index in [2.05, 4.69) is 130 Å². The second-order valence-electron chi connectivity index (χ2n) is 11.9. The van der Waals surface area contributed by atoms with Gasteiger partial charge in [0.25, 0.3) is 0 Å². The van der Waals surface area contributed by atoms with Gasteiger partial charge in [0.15, 0.2) is 0 Å². The third kappa shape index (κ3) is 4.01. The molecule has 0 N–H and O–H groups in total. The zero-order chi connectivity index (χ0) is 32.2. The van der Waals surface area contributed by atoms with E-state index in [4.69, 9.17) is 0 Å². The molecule has 0 radical (unpaired) electrons. The van der Waals surface area contributed by atoms with Crippen LogP contribution in [-0.4, -0.2) is 9.13 Å². The summed E-state index contributed by atoms with van der Waals surface area (Å²) in [6.45, 7) is 0. The van der Waals surface area contributed by atoms with E-state index in [9.17, 15) is 10.5 Å². The molecule has 4 nitrogen and oxygen atoms in total. The molecule has 0 saturated carbocycles. The molecule has 222 valence electrons. The zero-order valence-electron chi connectivity index (χ0n) is 25.8. The van der Waals surface area contributed by atoms with Crippen LogP contribution in [0.1, 0.15) is 11.1 Å². The monoisotopic (exact) mass is 610 g/mol. The van der Waals surface area contributed by atoms with Gasteiger partial charge in [-0.25, -0.2) is 0 Å². The molecule has 9 aromatic rings. The minimum absolute atomic E-state index is 0.562. The molecule has 2 heterocycles. The average Bonchev–Trinajstić information content (AvgIpc) is 3.67. The van der Waals surface area contributed by atoms with Gasteiger partial charge in [0, 0.05) is 32.7 Å². The molecule has 0 aliphatic carbocycles. The summed E-state index contributed by atoms with van der Waals surface area (Å²) < 4.78 is 4.50. The summed E-state index contributed by atoms with van der Waals surface area (Å²) in [5.74, 6) is 0. The topological polar surface area (TPSA) is 57.4 Å². The molecule has 0 fully saturated rings. The summed E-state index contributed by atoms with van der Waals surface area (Å²) in [7, 11) is 0. The number of benzene rings is 7. The summed E-state index contributed by atoms with van der Waals surface area (Å²) in [5.41, 5.74) is 10.9. The van der Waals surface area contributed by atoms with Crippen LogP contribution in [0.2, 0.25) is 0 Å². The van der Waals surface area contributed by atoms with Gasteiger partial charge in [0.2, 0.25) is 0 Å². The molecule has 48 heavy (non-hydrogen) atoms. The van der Waals surface area contributed by atoms with E-state index in [0.717, 1.165) is 66.5 Å². The van der Waals surface area contributed by atoms with Gasteiger partial charge in [-0.2, -0.15) is 10.5 Å². The summed E-state index contributed by atoms with van der Waals surface area (Å²) in [4.78, 5) is 0. The first kappa shape index (κ1) is 27.4. The van der Waals surface area contributed by atoms with Gasteiger partial charge in [-0.15, -0.1) is 0 Å². The van der Waals surface area contributed by atoms with E-state index in [1.165, 1.54) is 10.8 Å². The normalized spacial score (nSPS) is 11.3. The number of nitrogens with zero attached hydrogens (tertiary/aromatic N) is 4. The van der Waals surface area contributed by atoms with Crippen LogP contribution >= 0.6 is 0 Å². The fourth-order valence-corrected chi connectivity index (χ4v) is 7.41. The summed E-state index contributed by atoms with van der Waals surface area (Å²) >= 11 is 0. The maximum Gasteiger partial charge on any atom is 0.101 e. The standard InChI is InChI=1S/C44H26N4/c45-27-30-25-24-29(26-43(30)48-40-21-8-3-15-34(40)35-16-4-9-22-41(35)48)44-31(28-46)12-11-18-37(44)36-17-5-10-23-42(36)47-38-19-6-1-13-32(38)33-14-2-7-20-39(33)47/h1-26H. The van der Waals surface area contributed by atoms with Crippen molar-refractivity contribution in [1.82, 2.24) is 9.13 Å². The SMILES string of the molecule is N#Cc1ccc(-c2c(C#N)cccc2-c2ccccc2-n2c3ccccc3c3ccccc32)cc1-n1c2ccccc2c2ccccc21. The first-order chi connectivity index (χ1) is 23.8. The maximum absolute atomic E-state index is 10.5. The summed E-state index contributed by atoms with van der Waals surface area (Å²) in [6, 6.07) is 58.8. The van der Waals surface area contributed by atoms with Crippen LogP contribution in [0.25, 0.3) is 77.2 Å². The van der Waals surface area contributed by atoms with Crippen molar-refractivity contribution in [2.45, 2.75) is 0 Å². The van der Waals surface area contributed by atoms with E-state index in [0.29, 0.717) is 11.1 Å². The Bertz CT molecular complexity index is 2710. The Labute approximate surface area is 277 Å². The predicted molar refractivity (Wildman–Crippen MR) is 195 cm³/mol. The fourth-order valence-electron chi connectivity index (χ4n) is 7.41. The molecule has 4 heteroatoms. The predicted octanol–water partition coefficient (Wildman–Crippen LogP) is 11.0. The van der Waals surface area contributed by atoms with Crippen molar-refractivity contribution in [3.63, 3.8) is 0 Å². The molecule has 9 rings (SSSR count). The highest BCUT2D eigenvalue weighted by atomic mass is 15.0. The van der Waals surface area contributed by atoms with Crippen LogP contribution in [0.5, 0.6) is 0 Å². The Kier molecular flexibility index (Phi) is 6.22. The minimum atomic E-state index is 0.562. The van der Waals surface area contributed by atoms with Crippen molar-refractivity contribution in [2.75, 3.05) is 0 Å². The molecule has 0 bridgehead atoms. The average molecular weight is 611 g/mol. The lowest BCUT2D eigenvalue weighted by molar-refractivity contribution is 1.17. The van der Waals surface area contributed by atoms with Crippen LogP contribution in [0.3, 0.4) is 0 Å². The highest BCUT2D eigenvalue weighted by Crippen LogP contribution is 2.42. The number of fused-ring (bicyclic) bond motifs is 6. The highest BCUT2D eigenvalue weighted by molar-refractivity contribution is 6.11. The lowest BCUT2D eigenvalue weighted by atomic mass is 9.89. The van der Waals surface area contributed by atoms with Crippen molar-refractivity contribution in [1.29, 1.82) is 10.5 Å². The van der Waals surface area contributed by atoms with Crippen LogP contribution in [0, 0.1) is 22.7 Å². The van der Waals surface area contributed by atoms with Gasteiger partial charge < -0.3 is 9.13 Å². The Morgan fingerprint density at radius 1 is 0.375 bits per heavy atom. The number of aromatic nitrogens is 2. The van der Waals surface area contributed by atoms with Crippen LogP contribution in [0.15, 0.2) is 158 Å². The molecular formula is C44H26N4. The molecule has 0 saturated heterocycles. The Morgan fingerprint density at radius 2 is 0.833 bits per heavy atom. The fraction of sp³-hybridized carbons (Fsp3) is 0. The second-order valence-corrected chi connectivity index (χ2v) is 11.9. The van der Waals surface area contributed by atoms with Crippen molar-refractivity contribution in [2.24, 2.45) is 0 Å². The minimum Gasteiger partial charge on any atom is -0.309 e. The maximum atomic E-state index is 10.5. The van der Waals surface area contributed by atoms with Gasteiger partial charge in [0.05, 0.1) is 50.6 Å². The van der Waals surface area contributed by atoms with Crippen molar-refractivity contribution in [3.8, 4) is 45.8 Å². The van der Waals surface area contributed by atoms with E-state index >= 15 is 0 Å². The number of rotatable bonds is 4. The summed E-state index contributed by atoms with van der Waals surface area (Å²) in [6.07, 6.45) is 0. The molecule has 0 spiro atoms. The van der Waals surface area contributed by atoms with E-state index in [1.54, 1.807) is 0 Å². The van der Waals surface area contributed by atoms with Crippen LogP contribution in [0.4, 0.5) is 0 Å². The Morgan fingerprint density at radius 3 is 1.38 bits per heavy atom. The molecule has 7 aromatic carbocycles. The van der Waals surface area contributed by atoms with E-state index in [1.807, 2.05) is 48.5 Å². The number of para-hydroxylation sites is 5. The van der Waals surface area contributed by atoms with Gasteiger partial charge in [-0.1, -0.05) is 109 Å². The molecular weight excluding hydrogens is 585 g/mol. The Hall–Kier alpha value is -6.88. The third-order valence-electron chi connectivity index (χ3n) is 9.43. The lowest BCUT2D eigenvalue weighted by Gasteiger charge is -2.19. The molecule has 0 amide bonds. The lowest BCUT2D eigenvalue weighted by Crippen LogP contribution is -2.01. The van der Waals surface area contributed by atoms with Gasteiger partial charge in [-0.05, 0) is 59.7 Å². The molecule has 0 aliphatic rings. The molecule has 2 aromatic heterocycles. The largest absolute Gasteiger partial charge is 0.309 e. The van der Waals surface area contributed by atoms with Crippen LogP contribution in [-0.2, 0) is 0 Å². The van der Waals surface area contributed by atoms with Crippen LogP contribution < -0.4 is 0 Å². The van der Waals surface area contributed by atoms with E-state index < -0.39 is 0 Å². The van der Waals surface area contributed by atoms with Crippen molar-refractivity contribution >= 4 is 43.6 Å². The van der Waals surface area contributed by atoms with E-state index in [-0.39, 0.29) is 0 Å². The van der Waals surface area contributed by atoms with Crippen molar-refractivity contribution < 1.29 is 0 Å².